The number of hydrogen-bond donors (Lipinski definition) is 2. The van der Waals surface area contributed by atoms with Crippen molar-refractivity contribution in [2.24, 2.45) is 11.3 Å². The van der Waals surface area contributed by atoms with Gasteiger partial charge in [-0.3, -0.25) is 0 Å². The minimum absolute atomic E-state index is 0.0310. The molecular weight excluding hydrogens is 254 g/mol. The summed E-state index contributed by atoms with van der Waals surface area (Å²) in [4.78, 5) is 12.7. The molecule has 2 N–H and O–H groups in total. The summed E-state index contributed by atoms with van der Waals surface area (Å²) in [6.45, 7) is 13.6. The van der Waals surface area contributed by atoms with E-state index in [0.29, 0.717) is 23.8 Å². The maximum absolute atomic E-state index is 5.53. The van der Waals surface area contributed by atoms with Crippen molar-refractivity contribution >= 4 is 11.9 Å². The first kappa shape index (κ1) is 16.5. The molecule has 1 unspecified atom stereocenters. The third kappa shape index (κ3) is 5.19. The molecule has 0 aliphatic carbocycles. The van der Waals surface area contributed by atoms with Crippen LogP contribution in [0.15, 0.2) is 0 Å². The van der Waals surface area contributed by atoms with Gasteiger partial charge in [0.25, 0.3) is 0 Å². The molecule has 0 amide bonds. The summed E-state index contributed by atoms with van der Waals surface area (Å²) in [5, 5.41) is 6.17. The topological polar surface area (TPSA) is 72.0 Å². The SMILES string of the molecule is CNc1nc(NCC(C)C(C)(C)C)nc(OC(C)C)n1. The van der Waals surface area contributed by atoms with Crippen LogP contribution in [-0.4, -0.2) is 34.6 Å². The summed E-state index contributed by atoms with van der Waals surface area (Å²) < 4.78 is 5.53. The number of rotatable bonds is 6. The fraction of sp³-hybridized carbons (Fsp3) is 0.786. The number of aromatic nitrogens is 3. The molecule has 1 rings (SSSR count). The molecule has 0 radical (unpaired) electrons. The Labute approximate surface area is 121 Å². The van der Waals surface area contributed by atoms with Gasteiger partial charge in [-0.15, -0.1) is 0 Å². The molecule has 6 heteroatoms. The van der Waals surface area contributed by atoms with Crippen LogP contribution in [0.25, 0.3) is 0 Å². The highest BCUT2D eigenvalue weighted by molar-refractivity contribution is 5.35. The fourth-order valence-corrected chi connectivity index (χ4v) is 1.36. The lowest BCUT2D eigenvalue weighted by atomic mass is 9.82. The predicted octanol–water partition coefficient (Wildman–Crippen LogP) is 2.79. The lowest BCUT2D eigenvalue weighted by Gasteiger charge is -2.27. The minimum atomic E-state index is 0.0310. The van der Waals surface area contributed by atoms with E-state index in [9.17, 15) is 0 Å². The first-order valence-electron chi connectivity index (χ1n) is 7.06. The zero-order chi connectivity index (χ0) is 15.3. The molecular formula is C14H27N5O. The Balaban J connectivity index is 2.78. The van der Waals surface area contributed by atoms with E-state index in [1.54, 1.807) is 7.05 Å². The fourth-order valence-electron chi connectivity index (χ4n) is 1.36. The lowest BCUT2D eigenvalue weighted by molar-refractivity contribution is 0.222. The van der Waals surface area contributed by atoms with E-state index in [1.807, 2.05) is 13.8 Å². The number of ether oxygens (including phenoxy) is 1. The van der Waals surface area contributed by atoms with E-state index in [0.717, 1.165) is 6.54 Å². The van der Waals surface area contributed by atoms with Crippen molar-refractivity contribution in [2.45, 2.75) is 47.6 Å². The van der Waals surface area contributed by atoms with Gasteiger partial charge >= 0.3 is 6.01 Å². The predicted molar refractivity (Wildman–Crippen MR) is 82.2 cm³/mol. The largest absolute Gasteiger partial charge is 0.461 e. The smallest absolute Gasteiger partial charge is 0.323 e. The van der Waals surface area contributed by atoms with Crippen molar-refractivity contribution in [3.63, 3.8) is 0 Å². The number of anilines is 2. The van der Waals surface area contributed by atoms with Gasteiger partial charge in [-0.25, -0.2) is 0 Å². The standard InChI is InChI=1S/C14H27N5O/c1-9(2)20-13-18-11(15-7)17-12(19-13)16-8-10(3)14(4,5)6/h9-10H,8H2,1-7H3,(H2,15,16,17,18,19). The Hall–Kier alpha value is -1.59. The Morgan fingerprint density at radius 3 is 2.15 bits per heavy atom. The van der Waals surface area contributed by atoms with Crippen molar-refractivity contribution < 1.29 is 4.74 Å². The first-order chi connectivity index (χ1) is 9.22. The zero-order valence-corrected chi connectivity index (χ0v) is 13.6. The van der Waals surface area contributed by atoms with Crippen molar-refractivity contribution in [3.8, 4) is 6.01 Å². The van der Waals surface area contributed by atoms with Crippen LogP contribution in [0.3, 0.4) is 0 Å². The summed E-state index contributed by atoms with van der Waals surface area (Å²) in [6.07, 6.45) is 0.0310. The third-order valence-electron chi connectivity index (χ3n) is 3.22. The van der Waals surface area contributed by atoms with Crippen LogP contribution < -0.4 is 15.4 Å². The molecule has 0 saturated heterocycles. The van der Waals surface area contributed by atoms with Crippen LogP contribution in [0.1, 0.15) is 41.5 Å². The maximum Gasteiger partial charge on any atom is 0.323 e. The molecule has 1 atom stereocenters. The van der Waals surface area contributed by atoms with Crippen LogP contribution in [0.2, 0.25) is 0 Å². The molecule has 0 fully saturated rings. The maximum atomic E-state index is 5.53. The van der Waals surface area contributed by atoms with E-state index in [4.69, 9.17) is 4.74 Å². The summed E-state index contributed by atoms with van der Waals surface area (Å²) >= 11 is 0. The average Bonchev–Trinajstić information content (AvgIpc) is 2.33. The third-order valence-corrected chi connectivity index (χ3v) is 3.22. The number of hydrogen-bond acceptors (Lipinski definition) is 6. The van der Waals surface area contributed by atoms with Gasteiger partial charge in [0.2, 0.25) is 11.9 Å². The van der Waals surface area contributed by atoms with E-state index in [1.165, 1.54) is 0 Å². The molecule has 20 heavy (non-hydrogen) atoms. The molecule has 0 spiro atoms. The first-order valence-corrected chi connectivity index (χ1v) is 7.06. The average molecular weight is 281 g/mol. The summed E-state index contributed by atoms with van der Waals surface area (Å²) in [5.41, 5.74) is 0.239. The van der Waals surface area contributed by atoms with E-state index in [-0.39, 0.29) is 11.5 Å². The zero-order valence-electron chi connectivity index (χ0n) is 13.6. The normalized spacial score (nSPS) is 13.2. The molecule has 0 aliphatic heterocycles. The highest BCUT2D eigenvalue weighted by Gasteiger charge is 2.20. The number of nitrogens with one attached hydrogen (secondary N) is 2. The Kier molecular flexibility index (Phi) is 5.53. The van der Waals surface area contributed by atoms with Crippen LogP contribution in [0.4, 0.5) is 11.9 Å². The van der Waals surface area contributed by atoms with Gasteiger partial charge in [-0.2, -0.15) is 15.0 Å². The van der Waals surface area contributed by atoms with Crippen molar-refractivity contribution in [1.82, 2.24) is 15.0 Å². The van der Waals surface area contributed by atoms with Gasteiger partial charge in [0.1, 0.15) is 0 Å². The van der Waals surface area contributed by atoms with Gasteiger partial charge in [-0.1, -0.05) is 27.7 Å². The van der Waals surface area contributed by atoms with Gasteiger partial charge in [0, 0.05) is 13.6 Å². The molecule has 1 aromatic heterocycles. The second-order valence-electron chi connectivity index (χ2n) is 6.33. The Morgan fingerprint density at radius 1 is 1.05 bits per heavy atom. The molecule has 1 aromatic rings. The van der Waals surface area contributed by atoms with Crippen molar-refractivity contribution in [2.75, 3.05) is 24.2 Å². The molecule has 0 saturated carbocycles. The Bertz CT molecular complexity index is 428. The lowest BCUT2D eigenvalue weighted by Crippen LogP contribution is -2.25. The summed E-state index contributed by atoms with van der Waals surface area (Å²) in [6, 6.07) is 0.338. The Morgan fingerprint density at radius 2 is 1.65 bits per heavy atom. The molecule has 6 nitrogen and oxygen atoms in total. The monoisotopic (exact) mass is 281 g/mol. The van der Waals surface area contributed by atoms with Crippen molar-refractivity contribution in [1.29, 1.82) is 0 Å². The molecule has 114 valence electrons. The highest BCUT2D eigenvalue weighted by atomic mass is 16.5. The molecule has 0 aliphatic rings. The quantitative estimate of drug-likeness (QED) is 0.835. The van der Waals surface area contributed by atoms with E-state index in [2.05, 4.69) is 53.3 Å². The second-order valence-corrected chi connectivity index (χ2v) is 6.33. The minimum Gasteiger partial charge on any atom is -0.461 e. The highest BCUT2D eigenvalue weighted by Crippen LogP contribution is 2.25. The van der Waals surface area contributed by atoms with Crippen LogP contribution in [-0.2, 0) is 0 Å². The van der Waals surface area contributed by atoms with Gasteiger partial charge < -0.3 is 15.4 Å². The number of nitrogens with zero attached hydrogens (tertiary/aromatic N) is 3. The molecule has 1 heterocycles. The second kappa shape index (κ2) is 6.72. The van der Waals surface area contributed by atoms with E-state index >= 15 is 0 Å². The van der Waals surface area contributed by atoms with Crippen molar-refractivity contribution in [3.05, 3.63) is 0 Å². The van der Waals surface area contributed by atoms with Crippen LogP contribution in [0, 0.1) is 11.3 Å². The van der Waals surface area contributed by atoms with Gasteiger partial charge in [0.05, 0.1) is 6.10 Å². The van der Waals surface area contributed by atoms with Gasteiger partial charge in [-0.05, 0) is 25.2 Å². The van der Waals surface area contributed by atoms with E-state index < -0.39 is 0 Å². The molecule has 0 bridgehead atoms. The van der Waals surface area contributed by atoms with Gasteiger partial charge in [0.15, 0.2) is 0 Å². The van der Waals surface area contributed by atoms with Crippen LogP contribution >= 0.6 is 0 Å². The van der Waals surface area contributed by atoms with Crippen LogP contribution in [0.5, 0.6) is 6.01 Å². The molecule has 0 aromatic carbocycles. The summed E-state index contributed by atoms with van der Waals surface area (Å²) in [7, 11) is 1.77. The summed E-state index contributed by atoms with van der Waals surface area (Å²) in [5.74, 6) is 1.53.